The number of rotatable bonds is 4. The molecule has 3 aromatic carbocycles. The van der Waals surface area contributed by atoms with Gasteiger partial charge in [0.2, 0.25) is 0 Å². The van der Waals surface area contributed by atoms with E-state index in [-0.39, 0.29) is 18.0 Å². The van der Waals surface area contributed by atoms with Gasteiger partial charge >= 0.3 is 0 Å². The van der Waals surface area contributed by atoms with Crippen molar-refractivity contribution in [2.45, 2.75) is 19.1 Å². The lowest BCUT2D eigenvalue weighted by molar-refractivity contribution is 0.0953. The highest BCUT2D eigenvalue weighted by Crippen LogP contribution is 2.40. The molecule has 1 saturated heterocycles. The molecule has 4 rings (SSSR count). The fourth-order valence-electron chi connectivity index (χ4n) is 2.94. The first-order chi connectivity index (χ1) is 11.7. The second kappa shape index (κ2) is 6.06. The molecule has 1 aliphatic heterocycles. The fourth-order valence-corrected chi connectivity index (χ4v) is 2.94. The summed E-state index contributed by atoms with van der Waals surface area (Å²) in [5, 5.41) is 0. The summed E-state index contributed by atoms with van der Waals surface area (Å²) in [4.78, 5) is 12.6. The molecule has 24 heavy (non-hydrogen) atoms. The number of Topliss-reactive ketones (excluding diaryl/α,β-unsaturated/α-hetero) is 1. The molecule has 0 bridgehead atoms. The third kappa shape index (κ3) is 2.89. The molecule has 0 aromatic heterocycles. The van der Waals surface area contributed by atoms with Gasteiger partial charge in [-0.25, -0.2) is 0 Å². The molecule has 1 heterocycles. The number of aryl methyl sites for hydroxylation is 1. The summed E-state index contributed by atoms with van der Waals surface area (Å²) >= 11 is 0. The zero-order valence-corrected chi connectivity index (χ0v) is 13.5. The molecule has 0 radical (unpaired) electrons. The molecule has 2 heteroatoms. The van der Waals surface area contributed by atoms with E-state index in [1.54, 1.807) is 0 Å². The average Bonchev–Trinajstić information content (AvgIpc) is 3.43. The largest absolute Gasteiger partial charge is 0.356 e. The minimum absolute atomic E-state index is 0.0557. The van der Waals surface area contributed by atoms with Crippen molar-refractivity contribution in [3.05, 3.63) is 95.6 Å². The molecule has 3 aromatic rings. The Hall–Kier alpha value is -2.71. The Labute approximate surface area is 141 Å². The van der Waals surface area contributed by atoms with E-state index in [2.05, 4.69) is 19.1 Å². The normalized spacial score (nSPS) is 19.0. The smallest absolute Gasteiger partial charge is 0.194 e. The van der Waals surface area contributed by atoms with E-state index in [4.69, 9.17) is 4.74 Å². The molecule has 1 aliphatic rings. The molecule has 2 atom stereocenters. The molecule has 0 N–H and O–H groups in total. The molecule has 1 fully saturated rings. The second-order valence-corrected chi connectivity index (χ2v) is 6.20. The highest BCUT2D eigenvalue weighted by atomic mass is 16.6. The maximum atomic E-state index is 12.6. The lowest BCUT2D eigenvalue weighted by atomic mass is 9.99. The van der Waals surface area contributed by atoms with E-state index in [0.29, 0.717) is 5.56 Å². The van der Waals surface area contributed by atoms with Crippen LogP contribution in [0, 0.1) is 6.92 Å². The van der Waals surface area contributed by atoms with Gasteiger partial charge in [-0.15, -0.1) is 0 Å². The molecular weight excluding hydrogens is 296 g/mol. The van der Waals surface area contributed by atoms with Crippen molar-refractivity contribution < 1.29 is 9.53 Å². The Morgan fingerprint density at radius 3 is 2.08 bits per heavy atom. The van der Waals surface area contributed by atoms with Gasteiger partial charge in [-0.1, -0.05) is 84.4 Å². The van der Waals surface area contributed by atoms with Crippen LogP contribution in [0.2, 0.25) is 0 Å². The van der Waals surface area contributed by atoms with E-state index in [1.165, 1.54) is 5.56 Å². The summed E-state index contributed by atoms with van der Waals surface area (Å²) in [6.45, 7) is 2.05. The van der Waals surface area contributed by atoms with Crippen LogP contribution in [0.4, 0.5) is 0 Å². The Morgan fingerprint density at radius 1 is 0.792 bits per heavy atom. The number of carbonyl (C=O) groups is 1. The van der Waals surface area contributed by atoms with Crippen LogP contribution >= 0.6 is 0 Å². The van der Waals surface area contributed by atoms with Crippen molar-refractivity contribution in [3.63, 3.8) is 0 Å². The van der Waals surface area contributed by atoms with E-state index in [9.17, 15) is 4.79 Å². The summed E-state index contributed by atoms with van der Waals surface area (Å²) in [7, 11) is 0. The number of hydrogen-bond acceptors (Lipinski definition) is 2. The Bertz CT molecular complexity index is 849. The maximum Gasteiger partial charge on any atom is 0.194 e. The third-order valence-corrected chi connectivity index (χ3v) is 4.43. The van der Waals surface area contributed by atoms with Crippen LogP contribution in [-0.2, 0) is 4.74 Å². The van der Waals surface area contributed by atoms with Crippen LogP contribution in [0.25, 0.3) is 11.1 Å². The number of hydrogen-bond donors (Lipinski definition) is 0. The standard InChI is InChI=1S/C22H18O2/c1-15-7-9-19(10-8-15)21-22(24-21)20(23)18-13-11-17(12-14-18)16-5-3-2-4-6-16/h2-14,21-22H,1H3/t21-,22-/m1/s1. The molecule has 0 spiro atoms. The summed E-state index contributed by atoms with van der Waals surface area (Å²) in [6.07, 6.45) is -0.456. The van der Waals surface area contributed by atoms with Crippen LogP contribution in [0.15, 0.2) is 78.9 Å². The number of ether oxygens (including phenoxy) is 1. The SMILES string of the molecule is Cc1ccc([C@H]2O[C@@H]2C(=O)c2ccc(-c3ccccc3)cc2)cc1. The van der Waals surface area contributed by atoms with Crippen molar-refractivity contribution in [2.75, 3.05) is 0 Å². The summed E-state index contributed by atoms with van der Waals surface area (Å²) in [5.41, 5.74) is 5.24. The first-order valence-corrected chi connectivity index (χ1v) is 8.14. The monoisotopic (exact) mass is 314 g/mol. The molecule has 2 nitrogen and oxygen atoms in total. The van der Waals surface area contributed by atoms with Gasteiger partial charge in [0, 0.05) is 5.56 Å². The molecular formula is C22H18O2. The predicted molar refractivity (Wildman–Crippen MR) is 95.0 cm³/mol. The number of epoxide rings is 1. The van der Waals surface area contributed by atoms with Crippen LogP contribution in [0.3, 0.4) is 0 Å². The van der Waals surface area contributed by atoms with Crippen LogP contribution < -0.4 is 0 Å². The second-order valence-electron chi connectivity index (χ2n) is 6.20. The fraction of sp³-hybridized carbons (Fsp3) is 0.136. The maximum absolute atomic E-state index is 12.6. The molecule has 0 unspecified atom stereocenters. The van der Waals surface area contributed by atoms with E-state index in [0.717, 1.165) is 16.7 Å². The summed E-state index contributed by atoms with van der Waals surface area (Å²) < 4.78 is 5.62. The van der Waals surface area contributed by atoms with Crippen molar-refractivity contribution in [1.29, 1.82) is 0 Å². The molecule has 0 aliphatic carbocycles. The molecule has 118 valence electrons. The Morgan fingerprint density at radius 2 is 1.42 bits per heavy atom. The number of benzene rings is 3. The van der Waals surface area contributed by atoms with Gasteiger partial charge in [0.25, 0.3) is 0 Å². The minimum Gasteiger partial charge on any atom is -0.356 e. The Kier molecular flexibility index (Phi) is 3.75. The Balaban J connectivity index is 1.49. The minimum atomic E-state index is -0.352. The van der Waals surface area contributed by atoms with E-state index in [1.807, 2.05) is 66.7 Å². The molecule has 0 saturated carbocycles. The predicted octanol–water partition coefficient (Wildman–Crippen LogP) is 4.98. The van der Waals surface area contributed by atoms with E-state index < -0.39 is 0 Å². The molecule has 0 amide bonds. The van der Waals surface area contributed by atoms with Gasteiger partial charge in [-0.2, -0.15) is 0 Å². The lowest BCUT2D eigenvalue weighted by Gasteiger charge is -2.03. The van der Waals surface area contributed by atoms with Crippen molar-refractivity contribution in [3.8, 4) is 11.1 Å². The van der Waals surface area contributed by atoms with E-state index >= 15 is 0 Å². The highest BCUT2D eigenvalue weighted by Gasteiger charge is 2.46. The van der Waals surface area contributed by atoms with Gasteiger partial charge in [0.05, 0.1) is 0 Å². The lowest BCUT2D eigenvalue weighted by Crippen LogP contribution is -2.08. The van der Waals surface area contributed by atoms with Gasteiger partial charge in [0.15, 0.2) is 11.9 Å². The van der Waals surface area contributed by atoms with Gasteiger partial charge in [0.1, 0.15) is 6.10 Å². The van der Waals surface area contributed by atoms with Crippen molar-refractivity contribution >= 4 is 5.78 Å². The van der Waals surface area contributed by atoms with Crippen molar-refractivity contribution in [1.82, 2.24) is 0 Å². The number of carbonyl (C=O) groups excluding carboxylic acids is 1. The quantitative estimate of drug-likeness (QED) is 0.502. The summed E-state index contributed by atoms with van der Waals surface area (Å²) in [5.74, 6) is 0.0557. The topological polar surface area (TPSA) is 29.6 Å². The van der Waals surface area contributed by atoms with Gasteiger partial charge in [-0.3, -0.25) is 4.79 Å². The average molecular weight is 314 g/mol. The number of ketones is 1. The van der Waals surface area contributed by atoms with Crippen LogP contribution in [0.1, 0.15) is 27.6 Å². The van der Waals surface area contributed by atoms with Crippen LogP contribution in [-0.4, -0.2) is 11.9 Å². The van der Waals surface area contributed by atoms with Crippen LogP contribution in [0.5, 0.6) is 0 Å². The zero-order valence-electron chi connectivity index (χ0n) is 13.5. The first kappa shape index (κ1) is 14.9. The highest BCUT2D eigenvalue weighted by molar-refractivity contribution is 6.01. The van der Waals surface area contributed by atoms with Gasteiger partial charge < -0.3 is 4.74 Å². The summed E-state index contributed by atoms with van der Waals surface area (Å²) in [6, 6.07) is 26.1. The third-order valence-electron chi connectivity index (χ3n) is 4.43. The van der Waals surface area contributed by atoms with Crippen molar-refractivity contribution in [2.24, 2.45) is 0 Å². The van der Waals surface area contributed by atoms with Gasteiger partial charge in [-0.05, 0) is 23.6 Å². The zero-order chi connectivity index (χ0) is 16.5. The first-order valence-electron chi connectivity index (χ1n) is 8.14.